The van der Waals surface area contributed by atoms with Crippen LogP contribution in [-0.4, -0.2) is 12.6 Å². The molecule has 0 saturated carbocycles. The Morgan fingerprint density at radius 1 is 1.56 bits per heavy atom. The molecule has 0 aliphatic rings. The van der Waals surface area contributed by atoms with Crippen molar-refractivity contribution in [1.82, 2.24) is 0 Å². The molecular weight excluding hydrogens is 205 g/mol. The van der Waals surface area contributed by atoms with Crippen molar-refractivity contribution in [3.05, 3.63) is 24.0 Å². The van der Waals surface area contributed by atoms with Crippen LogP contribution >= 0.6 is 0 Å². The van der Waals surface area contributed by atoms with E-state index in [0.29, 0.717) is 11.4 Å². The molecule has 3 heteroatoms. The van der Waals surface area contributed by atoms with E-state index >= 15 is 0 Å². The normalized spacial score (nSPS) is 11.6. The molecule has 0 spiro atoms. The number of nitrogens with one attached hydrogen (secondary N) is 1. The summed E-state index contributed by atoms with van der Waals surface area (Å²) in [5.74, 6) is 2.67. The summed E-state index contributed by atoms with van der Waals surface area (Å²) < 4.78 is 18.4. The molecule has 1 unspecified atom stereocenters. The van der Waals surface area contributed by atoms with Crippen LogP contribution in [0.25, 0.3) is 0 Å². The largest absolute Gasteiger partial charge is 0.479 e. The van der Waals surface area contributed by atoms with Gasteiger partial charge in [-0.3, -0.25) is 0 Å². The summed E-state index contributed by atoms with van der Waals surface area (Å²) in [7, 11) is 0. The maximum absolute atomic E-state index is 13.1. The van der Waals surface area contributed by atoms with E-state index in [2.05, 4.69) is 18.2 Å². The third kappa shape index (κ3) is 3.47. The lowest BCUT2D eigenvalue weighted by Crippen LogP contribution is -2.14. The van der Waals surface area contributed by atoms with Crippen LogP contribution in [0.2, 0.25) is 0 Å². The van der Waals surface area contributed by atoms with Crippen LogP contribution in [0.4, 0.5) is 10.1 Å². The zero-order chi connectivity index (χ0) is 12.0. The molecule has 2 nitrogen and oxygen atoms in total. The Balaban J connectivity index is 2.85. The Bertz CT molecular complexity index is 384. The summed E-state index contributed by atoms with van der Waals surface area (Å²) in [6, 6.07) is 4.61. The minimum absolute atomic E-state index is 0.181. The van der Waals surface area contributed by atoms with E-state index in [1.54, 1.807) is 6.07 Å². The topological polar surface area (TPSA) is 21.3 Å². The molecule has 0 aromatic heterocycles. The molecule has 0 bridgehead atoms. The molecule has 0 fully saturated rings. The summed E-state index contributed by atoms with van der Waals surface area (Å²) >= 11 is 0. The van der Waals surface area contributed by atoms with Gasteiger partial charge in [-0.2, -0.15) is 0 Å². The van der Waals surface area contributed by atoms with Crippen molar-refractivity contribution in [2.45, 2.75) is 26.3 Å². The van der Waals surface area contributed by atoms with Crippen molar-refractivity contribution in [3.8, 4) is 18.1 Å². The highest BCUT2D eigenvalue weighted by Crippen LogP contribution is 2.26. The molecule has 86 valence electrons. The minimum Gasteiger partial charge on any atom is -0.479 e. The average Bonchev–Trinajstić information content (AvgIpc) is 2.28. The molecule has 1 atom stereocenters. The Morgan fingerprint density at radius 3 is 2.94 bits per heavy atom. The summed E-state index contributed by atoms with van der Waals surface area (Å²) in [5, 5.41) is 3.18. The maximum atomic E-state index is 13.1. The van der Waals surface area contributed by atoms with Gasteiger partial charge < -0.3 is 10.1 Å². The van der Waals surface area contributed by atoms with Crippen molar-refractivity contribution >= 4 is 5.69 Å². The lowest BCUT2D eigenvalue weighted by atomic mass is 10.2. The van der Waals surface area contributed by atoms with E-state index in [0.717, 1.165) is 6.42 Å². The monoisotopic (exact) mass is 221 g/mol. The quantitative estimate of drug-likeness (QED) is 0.771. The lowest BCUT2D eigenvalue weighted by Gasteiger charge is -2.16. The second-order valence-corrected chi connectivity index (χ2v) is 3.59. The predicted molar refractivity (Wildman–Crippen MR) is 64.1 cm³/mol. The van der Waals surface area contributed by atoms with Gasteiger partial charge in [0.05, 0.1) is 5.69 Å². The van der Waals surface area contributed by atoms with E-state index < -0.39 is 0 Å². The third-order valence-corrected chi connectivity index (χ3v) is 2.27. The Morgan fingerprint density at radius 2 is 2.31 bits per heavy atom. The van der Waals surface area contributed by atoms with E-state index in [-0.39, 0.29) is 18.5 Å². The van der Waals surface area contributed by atoms with Crippen molar-refractivity contribution in [2.24, 2.45) is 0 Å². The number of anilines is 1. The highest BCUT2D eigenvalue weighted by molar-refractivity contribution is 5.57. The zero-order valence-corrected chi connectivity index (χ0v) is 9.59. The van der Waals surface area contributed by atoms with Crippen molar-refractivity contribution in [3.63, 3.8) is 0 Å². The summed E-state index contributed by atoms with van der Waals surface area (Å²) in [4.78, 5) is 0. The number of terminal acetylenes is 1. The second-order valence-electron chi connectivity index (χ2n) is 3.59. The average molecular weight is 221 g/mol. The van der Waals surface area contributed by atoms with Crippen LogP contribution in [0.1, 0.15) is 20.3 Å². The van der Waals surface area contributed by atoms with Crippen LogP contribution < -0.4 is 10.1 Å². The first-order valence-corrected chi connectivity index (χ1v) is 5.29. The summed E-state index contributed by atoms with van der Waals surface area (Å²) in [6.07, 6.45) is 6.06. The Hall–Kier alpha value is -1.69. The summed E-state index contributed by atoms with van der Waals surface area (Å²) in [5.41, 5.74) is 0.643. The molecule has 1 aromatic rings. The first-order valence-electron chi connectivity index (χ1n) is 5.29. The van der Waals surface area contributed by atoms with Gasteiger partial charge in [0.25, 0.3) is 0 Å². The van der Waals surface area contributed by atoms with Gasteiger partial charge in [-0.25, -0.2) is 4.39 Å². The van der Waals surface area contributed by atoms with Crippen LogP contribution in [0.3, 0.4) is 0 Å². The van der Waals surface area contributed by atoms with Crippen molar-refractivity contribution in [2.75, 3.05) is 11.9 Å². The molecule has 0 saturated heterocycles. The predicted octanol–water partition coefficient (Wildman–Crippen LogP) is 3.05. The van der Waals surface area contributed by atoms with Crippen LogP contribution in [0.15, 0.2) is 18.2 Å². The molecule has 0 aliphatic heterocycles. The molecule has 1 N–H and O–H groups in total. The smallest absolute Gasteiger partial charge is 0.148 e. The van der Waals surface area contributed by atoms with Gasteiger partial charge in [0.1, 0.15) is 18.2 Å². The van der Waals surface area contributed by atoms with Gasteiger partial charge in [-0.15, -0.1) is 6.42 Å². The van der Waals surface area contributed by atoms with E-state index in [1.165, 1.54) is 12.1 Å². The zero-order valence-electron chi connectivity index (χ0n) is 9.59. The number of benzene rings is 1. The minimum atomic E-state index is -0.293. The van der Waals surface area contributed by atoms with Crippen LogP contribution in [-0.2, 0) is 0 Å². The SMILES string of the molecule is C#CCOc1ccc(F)cc1NC(C)CC. The van der Waals surface area contributed by atoms with Crippen LogP contribution in [0.5, 0.6) is 5.75 Å². The standard InChI is InChI=1S/C13H16FNO/c1-4-8-16-13-7-6-11(14)9-12(13)15-10(3)5-2/h1,6-7,9-10,15H,5,8H2,2-3H3. The van der Waals surface area contributed by atoms with Gasteiger partial charge in [0.15, 0.2) is 0 Å². The molecule has 0 aliphatic carbocycles. The number of rotatable bonds is 5. The van der Waals surface area contributed by atoms with Gasteiger partial charge in [0, 0.05) is 12.1 Å². The molecule has 0 heterocycles. The highest BCUT2D eigenvalue weighted by atomic mass is 19.1. The fourth-order valence-electron chi connectivity index (χ4n) is 1.23. The number of hydrogen-bond donors (Lipinski definition) is 1. The van der Waals surface area contributed by atoms with Crippen molar-refractivity contribution < 1.29 is 9.13 Å². The van der Waals surface area contributed by atoms with Crippen LogP contribution in [0, 0.1) is 18.2 Å². The highest BCUT2D eigenvalue weighted by Gasteiger charge is 2.07. The van der Waals surface area contributed by atoms with E-state index in [4.69, 9.17) is 11.2 Å². The Labute approximate surface area is 95.8 Å². The van der Waals surface area contributed by atoms with Gasteiger partial charge in [0.2, 0.25) is 0 Å². The second kappa shape index (κ2) is 6.02. The number of hydrogen-bond acceptors (Lipinski definition) is 2. The fourth-order valence-corrected chi connectivity index (χ4v) is 1.23. The summed E-state index contributed by atoms with van der Waals surface area (Å²) in [6.45, 7) is 4.26. The molecular formula is C13H16FNO. The maximum Gasteiger partial charge on any atom is 0.148 e. The van der Waals surface area contributed by atoms with Gasteiger partial charge in [-0.05, 0) is 25.5 Å². The number of ether oxygens (including phenoxy) is 1. The molecule has 0 amide bonds. The Kier molecular flexibility index (Phi) is 4.65. The molecule has 0 radical (unpaired) electrons. The lowest BCUT2D eigenvalue weighted by molar-refractivity contribution is 0.371. The fraction of sp³-hybridized carbons (Fsp3) is 0.385. The third-order valence-electron chi connectivity index (χ3n) is 2.27. The van der Waals surface area contributed by atoms with Crippen molar-refractivity contribution in [1.29, 1.82) is 0 Å². The van der Waals surface area contributed by atoms with Gasteiger partial charge >= 0.3 is 0 Å². The first-order chi connectivity index (χ1) is 7.67. The first kappa shape index (κ1) is 12.4. The van der Waals surface area contributed by atoms with E-state index in [9.17, 15) is 4.39 Å². The van der Waals surface area contributed by atoms with Gasteiger partial charge in [-0.1, -0.05) is 12.8 Å². The molecule has 16 heavy (non-hydrogen) atoms. The number of halogens is 1. The van der Waals surface area contributed by atoms with E-state index in [1.807, 2.05) is 6.92 Å². The molecule has 1 rings (SSSR count). The molecule has 1 aromatic carbocycles.